The molecule has 35 heavy (non-hydrogen) atoms. The molecule has 0 aromatic rings. The predicted molar refractivity (Wildman–Crippen MR) is 132 cm³/mol. The number of rotatable bonds is 13. The Morgan fingerprint density at radius 3 is 2.57 bits per heavy atom. The standard InChI is InChI=1S/C27H42N2O6/c1-7-10-11-12-16-34-25(33)21-20-23(31)29(19(9-3)17-30)22(24(32)28(15-8-2)18(4)5)27(20)14-13-26(21,6)35-27/h7-8,18-22,30H,1-2,9-17H2,3-6H3/t19-,20-,21-,22?,26+,27?/m0/s1. The number of unbranched alkanes of at least 4 members (excludes halogenated alkanes) is 2. The third-order valence-corrected chi connectivity index (χ3v) is 8.06. The number of aliphatic hydroxyl groups excluding tert-OH is 1. The summed E-state index contributed by atoms with van der Waals surface area (Å²) < 4.78 is 12.2. The molecule has 2 amide bonds. The fourth-order valence-corrected chi connectivity index (χ4v) is 6.31. The molecule has 0 aromatic heterocycles. The summed E-state index contributed by atoms with van der Waals surface area (Å²) in [7, 11) is 0. The van der Waals surface area contributed by atoms with Gasteiger partial charge in [0.1, 0.15) is 17.6 Å². The minimum absolute atomic E-state index is 0.118. The maximum absolute atomic E-state index is 14.0. The van der Waals surface area contributed by atoms with Crippen molar-refractivity contribution >= 4 is 17.8 Å². The van der Waals surface area contributed by atoms with E-state index in [1.807, 2.05) is 33.8 Å². The van der Waals surface area contributed by atoms with Crippen LogP contribution in [-0.2, 0) is 23.9 Å². The van der Waals surface area contributed by atoms with Gasteiger partial charge in [-0.2, -0.15) is 0 Å². The number of nitrogens with zero attached hydrogens (tertiary/aromatic N) is 2. The highest BCUT2D eigenvalue weighted by Crippen LogP contribution is 2.63. The first kappa shape index (κ1) is 27.4. The first-order valence-corrected chi connectivity index (χ1v) is 13.0. The maximum atomic E-state index is 14.0. The predicted octanol–water partition coefficient (Wildman–Crippen LogP) is 2.84. The van der Waals surface area contributed by atoms with E-state index in [0.29, 0.717) is 32.2 Å². The lowest BCUT2D eigenvalue weighted by atomic mass is 9.66. The van der Waals surface area contributed by atoms with Crippen LogP contribution in [0.15, 0.2) is 25.3 Å². The average molecular weight is 491 g/mol. The van der Waals surface area contributed by atoms with Crippen molar-refractivity contribution in [3.05, 3.63) is 25.3 Å². The van der Waals surface area contributed by atoms with Gasteiger partial charge in [-0.1, -0.05) is 19.1 Å². The van der Waals surface area contributed by atoms with Crippen LogP contribution in [0.4, 0.5) is 0 Å². The summed E-state index contributed by atoms with van der Waals surface area (Å²) in [4.78, 5) is 44.6. The van der Waals surface area contributed by atoms with Crippen molar-refractivity contribution in [3.63, 3.8) is 0 Å². The van der Waals surface area contributed by atoms with E-state index in [0.717, 1.165) is 12.8 Å². The molecule has 1 spiro atoms. The van der Waals surface area contributed by atoms with Crippen LogP contribution in [0.25, 0.3) is 0 Å². The Morgan fingerprint density at radius 2 is 2.00 bits per heavy atom. The number of amides is 2. The lowest BCUT2D eigenvalue weighted by molar-refractivity contribution is -0.162. The minimum Gasteiger partial charge on any atom is -0.465 e. The van der Waals surface area contributed by atoms with Gasteiger partial charge in [-0.15, -0.1) is 13.2 Å². The molecule has 3 rings (SSSR count). The van der Waals surface area contributed by atoms with Crippen LogP contribution < -0.4 is 0 Å². The molecule has 0 radical (unpaired) electrons. The highest BCUT2D eigenvalue weighted by molar-refractivity contribution is 5.98. The van der Waals surface area contributed by atoms with E-state index in [1.54, 1.807) is 11.0 Å². The molecular formula is C27H42N2O6. The van der Waals surface area contributed by atoms with Crippen LogP contribution in [0.1, 0.15) is 66.2 Å². The van der Waals surface area contributed by atoms with Crippen molar-refractivity contribution in [2.45, 2.75) is 95.5 Å². The van der Waals surface area contributed by atoms with E-state index in [4.69, 9.17) is 9.47 Å². The van der Waals surface area contributed by atoms with Crippen molar-refractivity contribution in [1.29, 1.82) is 0 Å². The van der Waals surface area contributed by atoms with Gasteiger partial charge < -0.3 is 24.4 Å². The second-order valence-electron chi connectivity index (χ2n) is 10.5. The number of allylic oxidation sites excluding steroid dienone is 1. The third kappa shape index (κ3) is 4.55. The molecule has 3 saturated heterocycles. The van der Waals surface area contributed by atoms with Crippen LogP contribution in [0.5, 0.6) is 0 Å². The number of carbonyl (C=O) groups is 3. The first-order chi connectivity index (χ1) is 16.6. The van der Waals surface area contributed by atoms with Gasteiger partial charge in [-0.3, -0.25) is 14.4 Å². The van der Waals surface area contributed by atoms with Crippen molar-refractivity contribution in [3.8, 4) is 0 Å². The molecule has 8 nitrogen and oxygen atoms in total. The van der Waals surface area contributed by atoms with Gasteiger partial charge in [0.2, 0.25) is 11.8 Å². The Labute approximate surface area is 209 Å². The molecule has 196 valence electrons. The summed E-state index contributed by atoms with van der Waals surface area (Å²) in [6.45, 7) is 15.4. The number of likely N-dealkylation sites (tertiary alicyclic amines) is 1. The van der Waals surface area contributed by atoms with Gasteiger partial charge in [0.05, 0.1) is 30.8 Å². The molecule has 1 N–H and O–H groups in total. The summed E-state index contributed by atoms with van der Waals surface area (Å²) in [5.74, 6) is -2.57. The summed E-state index contributed by atoms with van der Waals surface area (Å²) in [5, 5.41) is 10.1. The van der Waals surface area contributed by atoms with E-state index >= 15 is 0 Å². The van der Waals surface area contributed by atoms with Gasteiger partial charge in [0, 0.05) is 12.6 Å². The third-order valence-electron chi connectivity index (χ3n) is 8.06. The van der Waals surface area contributed by atoms with E-state index in [1.165, 1.54) is 4.90 Å². The maximum Gasteiger partial charge on any atom is 0.312 e. The van der Waals surface area contributed by atoms with Crippen LogP contribution in [0.3, 0.4) is 0 Å². The van der Waals surface area contributed by atoms with Crippen molar-refractivity contribution in [2.24, 2.45) is 11.8 Å². The second-order valence-corrected chi connectivity index (χ2v) is 10.5. The molecule has 0 saturated carbocycles. The quantitative estimate of drug-likeness (QED) is 0.242. The number of hydrogen-bond donors (Lipinski definition) is 1. The van der Waals surface area contributed by atoms with Crippen LogP contribution >= 0.6 is 0 Å². The molecule has 3 aliphatic heterocycles. The SMILES string of the molecule is C=CCCCCOC(=O)[C@@H]1[C@H]2C(=O)N([C@@H](CC)CO)C(C(=O)N(CC=C)C(C)C)C23CC[C@@]1(C)O3. The van der Waals surface area contributed by atoms with Gasteiger partial charge in [-0.25, -0.2) is 0 Å². The molecule has 2 unspecified atom stereocenters. The number of fused-ring (bicyclic) bond motifs is 1. The molecule has 3 heterocycles. The molecule has 0 aromatic carbocycles. The van der Waals surface area contributed by atoms with Crippen LogP contribution in [0.2, 0.25) is 0 Å². The van der Waals surface area contributed by atoms with Gasteiger partial charge >= 0.3 is 5.97 Å². The Balaban J connectivity index is 1.99. The molecule has 2 bridgehead atoms. The number of carbonyl (C=O) groups excluding carboxylic acids is 3. The smallest absolute Gasteiger partial charge is 0.312 e. The highest BCUT2D eigenvalue weighted by atomic mass is 16.6. The number of aliphatic hydroxyl groups is 1. The van der Waals surface area contributed by atoms with Crippen LogP contribution in [-0.4, -0.2) is 81.8 Å². The molecule has 8 heteroatoms. The molecule has 3 fully saturated rings. The monoisotopic (exact) mass is 490 g/mol. The van der Waals surface area contributed by atoms with Crippen molar-refractivity contribution in [1.82, 2.24) is 9.80 Å². The Hall–Kier alpha value is -2.19. The Bertz CT molecular complexity index is 840. The van der Waals surface area contributed by atoms with Gasteiger partial charge in [0.25, 0.3) is 0 Å². The number of ether oxygens (including phenoxy) is 2. The van der Waals surface area contributed by atoms with Crippen molar-refractivity contribution in [2.75, 3.05) is 19.8 Å². The molecule has 0 aliphatic carbocycles. The van der Waals surface area contributed by atoms with E-state index in [2.05, 4.69) is 13.2 Å². The zero-order valence-corrected chi connectivity index (χ0v) is 21.7. The van der Waals surface area contributed by atoms with Crippen molar-refractivity contribution < 1.29 is 29.0 Å². The molecule has 3 aliphatic rings. The fraction of sp³-hybridized carbons (Fsp3) is 0.741. The zero-order valence-electron chi connectivity index (χ0n) is 21.7. The first-order valence-electron chi connectivity index (χ1n) is 13.0. The fourth-order valence-electron chi connectivity index (χ4n) is 6.31. The average Bonchev–Trinajstić information content (AvgIpc) is 3.38. The largest absolute Gasteiger partial charge is 0.465 e. The second kappa shape index (κ2) is 10.8. The summed E-state index contributed by atoms with van der Waals surface area (Å²) in [6.07, 6.45) is 7.47. The number of esters is 1. The lowest BCUT2D eigenvalue weighted by Gasteiger charge is -2.40. The normalized spacial score (nSPS) is 32.0. The summed E-state index contributed by atoms with van der Waals surface area (Å²) in [6, 6.07) is -1.57. The highest BCUT2D eigenvalue weighted by Gasteiger charge is 2.79. The van der Waals surface area contributed by atoms with Gasteiger partial charge in [0.15, 0.2) is 0 Å². The molecule has 6 atom stereocenters. The van der Waals surface area contributed by atoms with E-state index in [-0.39, 0.29) is 31.1 Å². The molecular weight excluding hydrogens is 448 g/mol. The lowest BCUT2D eigenvalue weighted by Crippen LogP contribution is -2.59. The van der Waals surface area contributed by atoms with Crippen LogP contribution in [0, 0.1) is 11.8 Å². The topological polar surface area (TPSA) is 96.4 Å². The van der Waals surface area contributed by atoms with Gasteiger partial charge in [-0.05, 0) is 59.3 Å². The van der Waals surface area contributed by atoms with E-state index < -0.39 is 41.1 Å². The van der Waals surface area contributed by atoms with E-state index in [9.17, 15) is 19.5 Å². The Kier molecular flexibility index (Phi) is 8.48. The Morgan fingerprint density at radius 1 is 1.29 bits per heavy atom. The summed E-state index contributed by atoms with van der Waals surface area (Å²) >= 11 is 0. The summed E-state index contributed by atoms with van der Waals surface area (Å²) in [5.41, 5.74) is -1.99. The zero-order chi connectivity index (χ0) is 26.0. The minimum atomic E-state index is -1.12. The number of hydrogen-bond acceptors (Lipinski definition) is 6.